The minimum atomic E-state index is -3.98. The molecular formula is C8H14N2O6S. The average molecular weight is 266 g/mol. The van der Waals surface area contributed by atoms with Crippen molar-refractivity contribution in [2.24, 2.45) is 0 Å². The Balaban J connectivity index is 2.36. The van der Waals surface area contributed by atoms with Crippen LogP contribution < -0.4 is 0 Å². The van der Waals surface area contributed by atoms with Crippen LogP contribution in [0.5, 0.6) is 0 Å². The number of carbonyl (C=O) groups excluding carboxylic acids is 1. The second-order valence-corrected chi connectivity index (χ2v) is 5.30. The van der Waals surface area contributed by atoms with Gasteiger partial charge in [0.1, 0.15) is 0 Å². The van der Waals surface area contributed by atoms with Crippen molar-refractivity contribution in [3.8, 4) is 0 Å². The monoisotopic (exact) mass is 266 g/mol. The van der Waals surface area contributed by atoms with Crippen molar-refractivity contribution in [3.05, 3.63) is 0 Å². The largest absolute Gasteiger partial charge is 0.474 e. The number of amides is 1. The summed E-state index contributed by atoms with van der Waals surface area (Å²) in [6.07, 6.45) is 0. The molecule has 1 fully saturated rings. The van der Waals surface area contributed by atoms with Gasteiger partial charge in [-0.05, 0) is 0 Å². The third-order valence-electron chi connectivity index (χ3n) is 2.51. The Morgan fingerprint density at radius 1 is 1.12 bits per heavy atom. The molecule has 8 nitrogen and oxygen atoms in total. The first-order valence-corrected chi connectivity index (χ1v) is 6.60. The van der Waals surface area contributed by atoms with Gasteiger partial charge in [0.15, 0.2) is 0 Å². The van der Waals surface area contributed by atoms with Crippen molar-refractivity contribution < 1.29 is 27.7 Å². The summed E-state index contributed by atoms with van der Waals surface area (Å²) in [4.78, 5) is 24.5. The first kappa shape index (κ1) is 13.9. The second kappa shape index (κ2) is 5.43. The van der Waals surface area contributed by atoms with Crippen molar-refractivity contribution in [3.63, 3.8) is 0 Å². The fourth-order valence-corrected chi connectivity index (χ4v) is 2.04. The molecule has 1 heterocycles. The molecule has 1 aliphatic rings. The molecule has 1 aliphatic heterocycles. The van der Waals surface area contributed by atoms with Gasteiger partial charge in [-0.1, -0.05) is 0 Å². The predicted octanol–water partition coefficient (Wildman–Crippen LogP) is -1.90. The van der Waals surface area contributed by atoms with Gasteiger partial charge in [0, 0.05) is 32.7 Å². The molecule has 0 atom stereocenters. The average Bonchev–Trinajstić information content (AvgIpc) is 2.25. The Bertz CT molecular complexity index is 398. The van der Waals surface area contributed by atoms with Crippen LogP contribution in [0.1, 0.15) is 0 Å². The summed E-state index contributed by atoms with van der Waals surface area (Å²) in [7, 11) is -3.98. The summed E-state index contributed by atoms with van der Waals surface area (Å²) in [5.74, 6) is -2.80. The highest BCUT2D eigenvalue weighted by Gasteiger charge is 2.25. The van der Waals surface area contributed by atoms with Crippen LogP contribution in [0.2, 0.25) is 0 Å². The smallest absolute Gasteiger partial charge is 0.394 e. The maximum absolute atomic E-state index is 11.1. The Labute approximate surface area is 98.6 Å². The van der Waals surface area contributed by atoms with Crippen molar-refractivity contribution in [2.45, 2.75) is 0 Å². The maximum atomic E-state index is 11.1. The fourth-order valence-electron chi connectivity index (χ4n) is 1.55. The minimum Gasteiger partial charge on any atom is -0.474 e. The lowest BCUT2D eigenvalue weighted by Crippen LogP contribution is -2.51. The van der Waals surface area contributed by atoms with Gasteiger partial charge in [0.2, 0.25) is 0 Å². The van der Waals surface area contributed by atoms with Gasteiger partial charge in [-0.25, -0.2) is 4.79 Å². The Kier molecular flexibility index (Phi) is 4.43. The van der Waals surface area contributed by atoms with E-state index in [0.29, 0.717) is 13.1 Å². The van der Waals surface area contributed by atoms with Crippen LogP contribution in [0.15, 0.2) is 0 Å². The van der Waals surface area contributed by atoms with Crippen molar-refractivity contribution in [2.75, 3.05) is 38.5 Å². The second-order valence-electron chi connectivity index (χ2n) is 3.73. The Hall–Kier alpha value is -1.19. The quantitative estimate of drug-likeness (QED) is 0.453. The van der Waals surface area contributed by atoms with E-state index < -0.39 is 22.0 Å². The number of carbonyl (C=O) groups is 2. The fraction of sp³-hybridized carbons (Fsp3) is 0.750. The molecule has 9 heteroatoms. The molecule has 98 valence electrons. The van der Waals surface area contributed by atoms with E-state index in [4.69, 9.17) is 9.66 Å². The van der Waals surface area contributed by atoms with E-state index in [2.05, 4.69) is 0 Å². The first-order chi connectivity index (χ1) is 7.79. The van der Waals surface area contributed by atoms with Crippen LogP contribution >= 0.6 is 0 Å². The lowest BCUT2D eigenvalue weighted by atomic mass is 10.3. The molecule has 0 aliphatic carbocycles. The SMILES string of the molecule is O=C(O)C(=O)N1CCN(CCS(=O)(=O)O)CC1. The van der Waals surface area contributed by atoms with Gasteiger partial charge < -0.3 is 10.0 Å². The highest BCUT2D eigenvalue weighted by atomic mass is 32.2. The zero-order valence-corrected chi connectivity index (χ0v) is 9.89. The molecule has 1 rings (SSSR count). The predicted molar refractivity (Wildman–Crippen MR) is 57.1 cm³/mol. The van der Waals surface area contributed by atoms with E-state index in [1.165, 1.54) is 4.90 Å². The van der Waals surface area contributed by atoms with Crippen LogP contribution in [0, 0.1) is 0 Å². The maximum Gasteiger partial charge on any atom is 0.394 e. The van der Waals surface area contributed by atoms with Gasteiger partial charge in [-0.2, -0.15) is 8.42 Å². The number of hydrogen-bond acceptors (Lipinski definition) is 5. The molecule has 17 heavy (non-hydrogen) atoms. The number of nitrogens with zero attached hydrogens (tertiary/aromatic N) is 2. The molecule has 0 aromatic carbocycles. The highest BCUT2D eigenvalue weighted by Crippen LogP contribution is 2.02. The van der Waals surface area contributed by atoms with Crippen molar-refractivity contribution in [1.82, 2.24) is 9.80 Å². The van der Waals surface area contributed by atoms with Gasteiger partial charge in [0.25, 0.3) is 10.1 Å². The summed E-state index contributed by atoms with van der Waals surface area (Å²) in [6.45, 7) is 1.46. The molecule has 1 amide bonds. The summed E-state index contributed by atoms with van der Waals surface area (Å²) < 4.78 is 29.6. The molecular weight excluding hydrogens is 252 g/mol. The molecule has 1 saturated heterocycles. The number of piperazine rings is 1. The molecule has 0 unspecified atom stereocenters. The first-order valence-electron chi connectivity index (χ1n) is 4.99. The zero-order valence-electron chi connectivity index (χ0n) is 9.07. The normalized spacial score (nSPS) is 18.1. The lowest BCUT2D eigenvalue weighted by molar-refractivity contribution is -0.156. The molecule has 0 aromatic rings. The number of hydrogen-bond donors (Lipinski definition) is 2. The van der Waals surface area contributed by atoms with Crippen LogP contribution in [0.3, 0.4) is 0 Å². The third kappa shape index (κ3) is 4.67. The van der Waals surface area contributed by atoms with Crippen LogP contribution in [0.4, 0.5) is 0 Å². The number of carboxylic acid groups (broad SMARTS) is 1. The molecule has 0 radical (unpaired) electrons. The molecule has 0 spiro atoms. The van der Waals surface area contributed by atoms with Crippen LogP contribution in [-0.2, 0) is 19.7 Å². The van der Waals surface area contributed by atoms with E-state index in [1.807, 2.05) is 0 Å². The number of carboxylic acids is 1. The summed E-state index contributed by atoms with van der Waals surface area (Å²) in [5, 5.41) is 8.49. The zero-order chi connectivity index (χ0) is 13.1. The minimum absolute atomic E-state index is 0.175. The van der Waals surface area contributed by atoms with Gasteiger partial charge in [0.05, 0.1) is 5.75 Å². The number of rotatable bonds is 3. The Morgan fingerprint density at radius 3 is 2.06 bits per heavy atom. The van der Waals surface area contributed by atoms with Gasteiger partial charge >= 0.3 is 11.9 Å². The van der Waals surface area contributed by atoms with Crippen molar-refractivity contribution >= 4 is 22.0 Å². The molecule has 2 N–H and O–H groups in total. The summed E-state index contributed by atoms with van der Waals surface area (Å²) >= 11 is 0. The van der Waals surface area contributed by atoms with Gasteiger partial charge in [-0.15, -0.1) is 0 Å². The summed E-state index contributed by atoms with van der Waals surface area (Å²) in [5.41, 5.74) is 0. The van der Waals surface area contributed by atoms with Gasteiger partial charge in [-0.3, -0.25) is 14.2 Å². The van der Waals surface area contributed by atoms with Crippen LogP contribution in [0.25, 0.3) is 0 Å². The van der Waals surface area contributed by atoms with E-state index in [0.717, 1.165) is 0 Å². The third-order valence-corrected chi connectivity index (χ3v) is 3.21. The van der Waals surface area contributed by atoms with E-state index >= 15 is 0 Å². The van der Waals surface area contributed by atoms with Crippen LogP contribution in [-0.4, -0.2) is 78.2 Å². The van der Waals surface area contributed by atoms with E-state index in [1.54, 1.807) is 4.90 Å². The molecule has 0 bridgehead atoms. The number of aliphatic carboxylic acids is 1. The Morgan fingerprint density at radius 2 is 1.65 bits per heavy atom. The highest BCUT2D eigenvalue weighted by molar-refractivity contribution is 7.85. The van der Waals surface area contributed by atoms with E-state index in [9.17, 15) is 18.0 Å². The molecule has 0 saturated carbocycles. The standard InChI is InChI=1S/C8H14N2O6S/c11-7(8(12)13)10-3-1-9(2-4-10)5-6-17(14,15)16/h1-6H2,(H,12,13)(H,14,15,16). The van der Waals surface area contributed by atoms with Crippen molar-refractivity contribution in [1.29, 1.82) is 0 Å². The molecule has 0 aromatic heterocycles. The summed E-state index contributed by atoms with van der Waals surface area (Å²) in [6, 6.07) is 0. The van der Waals surface area contributed by atoms with E-state index in [-0.39, 0.29) is 25.4 Å². The lowest BCUT2D eigenvalue weighted by Gasteiger charge is -2.33. The topological polar surface area (TPSA) is 115 Å².